The molecule has 1 aromatic carbocycles. The smallest absolute Gasteiger partial charge is 0.229 e. The van der Waals surface area contributed by atoms with E-state index in [0.29, 0.717) is 5.76 Å². The maximum absolute atomic E-state index is 10.7. The van der Waals surface area contributed by atoms with Crippen LogP contribution in [0.15, 0.2) is 36.4 Å². The van der Waals surface area contributed by atoms with Crippen LogP contribution in [-0.4, -0.2) is 18.7 Å². The number of ketones is 1. The molecule has 77 valence electrons. The molecule has 0 N–H and O–H groups in total. The van der Waals surface area contributed by atoms with Crippen LogP contribution in [0.2, 0.25) is 0 Å². The molecule has 0 aliphatic carbocycles. The van der Waals surface area contributed by atoms with E-state index in [9.17, 15) is 9.59 Å². The Morgan fingerprint density at radius 3 is 2.60 bits per heavy atom. The molecule has 0 unspecified atom stereocenters. The number of rotatable bonds is 5. The highest BCUT2D eigenvalue weighted by Crippen LogP contribution is 2.14. The summed E-state index contributed by atoms with van der Waals surface area (Å²) >= 11 is 0. The van der Waals surface area contributed by atoms with Gasteiger partial charge in [-0.2, -0.15) is 0 Å². The molecule has 1 radical (unpaired) electrons. The number of ether oxygens (including phenoxy) is 1. The lowest BCUT2D eigenvalue weighted by molar-refractivity contribution is -0.119. The fourth-order valence-electron chi connectivity index (χ4n) is 1.04. The first-order valence-electron chi connectivity index (χ1n) is 4.49. The summed E-state index contributed by atoms with van der Waals surface area (Å²) in [6.07, 6.45) is 2.82. The molecule has 0 aromatic heterocycles. The van der Waals surface area contributed by atoms with Crippen LogP contribution in [0.4, 0.5) is 0 Å². The molecule has 0 aliphatic heterocycles. The fourth-order valence-corrected chi connectivity index (χ4v) is 1.04. The van der Waals surface area contributed by atoms with Crippen molar-refractivity contribution >= 4 is 17.8 Å². The largest absolute Gasteiger partial charge is 0.485 e. The topological polar surface area (TPSA) is 43.4 Å². The van der Waals surface area contributed by atoms with Gasteiger partial charge in [-0.1, -0.05) is 30.3 Å². The number of benzene rings is 1. The zero-order chi connectivity index (χ0) is 11.1. The molecule has 0 bridgehead atoms. The van der Waals surface area contributed by atoms with Crippen molar-refractivity contribution in [2.24, 2.45) is 0 Å². The van der Waals surface area contributed by atoms with E-state index >= 15 is 0 Å². The third-order valence-electron chi connectivity index (χ3n) is 1.68. The monoisotopic (exact) mass is 203 g/mol. The Kier molecular flexibility index (Phi) is 4.29. The summed E-state index contributed by atoms with van der Waals surface area (Å²) in [5.41, 5.74) is 0.752. The molecular weight excluding hydrogens is 192 g/mol. The average Bonchev–Trinajstić information content (AvgIpc) is 2.25. The zero-order valence-corrected chi connectivity index (χ0v) is 8.40. The van der Waals surface area contributed by atoms with Crippen molar-refractivity contribution in [1.82, 2.24) is 0 Å². The Morgan fingerprint density at radius 2 is 2.07 bits per heavy atom. The molecule has 0 fully saturated rings. The summed E-state index contributed by atoms with van der Waals surface area (Å²) in [7, 11) is 0. The zero-order valence-electron chi connectivity index (χ0n) is 8.40. The van der Waals surface area contributed by atoms with Crippen LogP contribution in [0.3, 0.4) is 0 Å². The molecule has 0 atom stereocenters. The molecule has 0 aliphatic rings. The van der Waals surface area contributed by atoms with E-state index in [1.165, 1.54) is 13.0 Å². The lowest BCUT2D eigenvalue weighted by atomic mass is 10.2. The van der Waals surface area contributed by atoms with Crippen LogP contribution in [0, 0.1) is 0 Å². The fraction of sp³-hybridized carbons (Fsp3) is 0.167. The van der Waals surface area contributed by atoms with Crippen molar-refractivity contribution < 1.29 is 14.3 Å². The van der Waals surface area contributed by atoms with Crippen LogP contribution in [0.1, 0.15) is 12.5 Å². The van der Waals surface area contributed by atoms with Gasteiger partial charge in [-0.25, -0.2) is 0 Å². The van der Waals surface area contributed by atoms with E-state index in [1.807, 2.05) is 18.2 Å². The van der Waals surface area contributed by atoms with Crippen LogP contribution in [-0.2, 0) is 14.3 Å². The molecular formula is C12H11O3. The van der Waals surface area contributed by atoms with Gasteiger partial charge in [0, 0.05) is 11.6 Å². The lowest BCUT2D eigenvalue weighted by Crippen LogP contribution is -2.03. The van der Waals surface area contributed by atoms with Gasteiger partial charge in [-0.15, -0.1) is 0 Å². The molecule has 15 heavy (non-hydrogen) atoms. The van der Waals surface area contributed by atoms with Crippen LogP contribution >= 0.6 is 0 Å². The number of hydrogen-bond donors (Lipinski definition) is 0. The van der Waals surface area contributed by atoms with E-state index in [-0.39, 0.29) is 12.4 Å². The van der Waals surface area contributed by atoms with Gasteiger partial charge >= 0.3 is 0 Å². The Hall–Kier alpha value is -1.90. The number of carbonyl (C=O) groups excluding carboxylic acids is 2. The van der Waals surface area contributed by atoms with Crippen molar-refractivity contribution in [3.8, 4) is 0 Å². The van der Waals surface area contributed by atoms with Crippen molar-refractivity contribution in [3.05, 3.63) is 42.0 Å². The summed E-state index contributed by atoms with van der Waals surface area (Å²) in [5, 5.41) is 0. The Bertz CT molecular complexity index is 366. The molecule has 0 saturated carbocycles. The van der Waals surface area contributed by atoms with Gasteiger partial charge in [0.05, 0.1) is 0 Å². The lowest BCUT2D eigenvalue weighted by Gasteiger charge is -2.07. The highest BCUT2D eigenvalue weighted by molar-refractivity contribution is 5.81. The van der Waals surface area contributed by atoms with Gasteiger partial charge in [0.15, 0.2) is 5.78 Å². The van der Waals surface area contributed by atoms with Crippen molar-refractivity contribution in [2.75, 3.05) is 6.61 Å². The number of Topliss-reactive ketones (excluding diaryl/α,β-unsaturated/α-hetero) is 1. The van der Waals surface area contributed by atoms with Gasteiger partial charge in [-0.05, 0) is 6.92 Å². The second-order valence-electron chi connectivity index (χ2n) is 2.98. The average molecular weight is 203 g/mol. The predicted molar refractivity (Wildman–Crippen MR) is 56.7 cm³/mol. The molecule has 1 rings (SSSR count). The van der Waals surface area contributed by atoms with E-state index in [1.54, 1.807) is 18.4 Å². The highest BCUT2D eigenvalue weighted by atomic mass is 16.5. The first-order chi connectivity index (χ1) is 7.24. The van der Waals surface area contributed by atoms with Crippen LogP contribution in [0.5, 0.6) is 0 Å². The molecule has 3 heteroatoms. The Balaban J connectivity index is 2.80. The predicted octanol–water partition coefficient (Wildman–Crippen LogP) is 1.74. The first kappa shape index (κ1) is 11.2. The third-order valence-corrected chi connectivity index (χ3v) is 1.68. The maximum atomic E-state index is 10.7. The number of allylic oxidation sites excluding steroid dienone is 1. The minimum atomic E-state index is -0.0947. The molecule has 0 saturated heterocycles. The van der Waals surface area contributed by atoms with Crippen LogP contribution in [0.25, 0.3) is 5.76 Å². The van der Waals surface area contributed by atoms with Crippen molar-refractivity contribution in [2.45, 2.75) is 6.92 Å². The van der Waals surface area contributed by atoms with E-state index in [2.05, 4.69) is 0 Å². The summed E-state index contributed by atoms with van der Waals surface area (Å²) in [6.45, 7) is 1.38. The van der Waals surface area contributed by atoms with Gasteiger partial charge < -0.3 is 4.74 Å². The molecule has 0 spiro atoms. The summed E-state index contributed by atoms with van der Waals surface area (Å²) < 4.78 is 5.18. The van der Waals surface area contributed by atoms with E-state index < -0.39 is 0 Å². The normalized spacial score (nSPS) is 10.9. The van der Waals surface area contributed by atoms with E-state index in [0.717, 1.165) is 5.56 Å². The Morgan fingerprint density at radius 1 is 1.40 bits per heavy atom. The van der Waals surface area contributed by atoms with Gasteiger partial charge in [0.25, 0.3) is 0 Å². The molecule has 0 amide bonds. The third kappa shape index (κ3) is 3.77. The van der Waals surface area contributed by atoms with Gasteiger partial charge in [0.1, 0.15) is 12.4 Å². The van der Waals surface area contributed by atoms with Crippen molar-refractivity contribution in [1.29, 1.82) is 0 Å². The highest BCUT2D eigenvalue weighted by Gasteiger charge is 2.03. The van der Waals surface area contributed by atoms with E-state index in [4.69, 9.17) is 4.74 Å². The summed E-state index contributed by atoms with van der Waals surface area (Å²) in [6, 6.07) is 9.10. The molecule has 1 aromatic rings. The molecule has 3 nitrogen and oxygen atoms in total. The minimum Gasteiger partial charge on any atom is -0.485 e. The van der Waals surface area contributed by atoms with Gasteiger partial charge in [0.2, 0.25) is 6.29 Å². The molecule has 0 heterocycles. The second-order valence-corrected chi connectivity index (χ2v) is 2.98. The van der Waals surface area contributed by atoms with Gasteiger partial charge in [-0.3, -0.25) is 9.59 Å². The maximum Gasteiger partial charge on any atom is 0.229 e. The Labute approximate surface area is 88.4 Å². The quantitative estimate of drug-likeness (QED) is 0.540. The standard InChI is InChI=1S/C12H11O3/c1-10(14)9-15-12(7-8-13)11-5-3-2-4-6-11/h2-7H,9H2,1H3. The summed E-state index contributed by atoms with van der Waals surface area (Å²) in [4.78, 5) is 21.0. The minimum absolute atomic E-state index is 0.0393. The first-order valence-corrected chi connectivity index (χ1v) is 4.49. The van der Waals surface area contributed by atoms with Crippen LogP contribution < -0.4 is 0 Å². The summed E-state index contributed by atoms with van der Waals surface area (Å²) in [5.74, 6) is 0.267. The number of carbonyl (C=O) groups is 1. The number of hydrogen-bond acceptors (Lipinski definition) is 3. The second kappa shape index (κ2) is 5.75. The SMILES string of the molecule is CC(=O)COC(=C[C]=O)c1ccccc1. The van der Waals surface area contributed by atoms with Crippen molar-refractivity contribution in [3.63, 3.8) is 0 Å².